The minimum absolute atomic E-state index is 0. The Morgan fingerprint density at radius 2 is 1.85 bits per heavy atom. The number of hydrogen-bond donors (Lipinski definition) is 4. The fraction of sp³-hybridized carbons (Fsp3) is 0.750. The summed E-state index contributed by atoms with van der Waals surface area (Å²) in [5.41, 5.74) is -1.14. The molecule has 0 aromatic heterocycles. The van der Waals surface area contributed by atoms with Crippen LogP contribution in [0.5, 0.6) is 0 Å². The molecule has 0 bridgehead atoms. The van der Waals surface area contributed by atoms with Crippen molar-refractivity contribution < 1.29 is 19.1 Å². The van der Waals surface area contributed by atoms with Gasteiger partial charge in [-0.25, -0.2) is 9.59 Å². The topological polar surface area (TPSA) is 124 Å². The number of alkyl carbamates (subject to hydrolysis) is 1. The number of nitrogens with one attached hydrogen (secondary N) is 4. The molecule has 0 aliphatic carbocycles. The van der Waals surface area contributed by atoms with E-state index in [4.69, 9.17) is 4.74 Å². The number of ether oxygens (including phenoxy) is 1. The average Bonchev–Trinajstić information content (AvgIpc) is 2.79. The number of amides is 4. The minimum atomic E-state index is -0.579. The van der Waals surface area contributed by atoms with E-state index in [1.165, 1.54) is 0 Å². The van der Waals surface area contributed by atoms with Crippen LogP contribution in [0.3, 0.4) is 0 Å². The Morgan fingerprint density at radius 1 is 1.22 bits per heavy atom. The van der Waals surface area contributed by atoms with Gasteiger partial charge in [0.15, 0.2) is 5.96 Å². The van der Waals surface area contributed by atoms with E-state index in [0.29, 0.717) is 19.0 Å². The van der Waals surface area contributed by atoms with Crippen molar-refractivity contribution in [3.63, 3.8) is 0 Å². The molecular formula is C16H31IN6O4. The third-order valence-corrected chi connectivity index (χ3v) is 3.33. The van der Waals surface area contributed by atoms with Crippen LogP contribution in [0.2, 0.25) is 0 Å². The van der Waals surface area contributed by atoms with Crippen LogP contribution in [0.4, 0.5) is 9.59 Å². The maximum absolute atomic E-state index is 11.9. The SMILES string of the molecule is CN=C(NCCN1C(=O)CNC1=O)NCC(C)(C)NC(=O)OC(C)(C)C.I. The summed E-state index contributed by atoms with van der Waals surface area (Å²) in [6.45, 7) is 10.1. The van der Waals surface area contributed by atoms with Crippen molar-refractivity contribution in [3.8, 4) is 0 Å². The number of carbonyl (C=O) groups excluding carboxylic acids is 3. The van der Waals surface area contributed by atoms with Gasteiger partial charge >= 0.3 is 12.1 Å². The first-order chi connectivity index (χ1) is 11.9. The molecule has 0 unspecified atom stereocenters. The highest BCUT2D eigenvalue weighted by Crippen LogP contribution is 2.09. The number of urea groups is 1. The quantitative estimate of drug-likeness (QED) is 0.184. The average molecular weight is 498 g/mol. The molecule has 1 fully saturated rings. The van der Waals surface area contributed by atoms with Gasteiger partial charge in [0.2, 0.25) is 5.91 Å². The lowest BCUT2D eigenvalue weighted by molar-refractivity contribution is -0.124. The van der Waals surface area contributed by atoms with Gasteiger partial charge in [-0.05, 0) is 34.6 Å². The second-order valence-corrected chi connectivity index (χ2v) is 7.57. The Kier molecular flexibility index (Phi) is 9.82. The highest BCUT2D eigenvalue weighted by atomic mass is 127. The van der Waals surface area contributed by atoms with Gasteiger partial charge in [0.1, 0.15) is 5.60 Å². The molecule has 0 spiro atoms. The molecule has 0 radical (unpaired) electrons. The summed E-state index contributed by atoms with van der Waals surface area (Å²) in [6.07, 6.45) is -0.495. The summed E-state index contributed by atoms with van der Waals surface area (Å²) in [6, 6.07) is -0.387. The molecule has 0 aromatic carbocycles. The van der Waals surface area contributed by atoms with Gasteiger partial charge in [-0.1, -0.05) is 0 Å². The summed E-state index contributed by atoms with van der Waals surface area (Å²) < 4.78 is 5.25. The van der Waals surface area contributed by atoms with Gasteiger partial charge in [-0.2, -0.15) is 0 Å². The number of hydrogen-bond acceptors (Lipinski definition) is 5. The fourth-order valence-corrected chi connectivity index (χ4v) is 2.12. The summed E-state index contributed by atoms with van der Waals surface area (Å²) in [4.78, 5) is 40.1. The molecule has 156 valence electrons. The van der Waals surface area contributed by atoms with Gasteiger partial charge in [0.25, 0.3) is 0 Å². The predicted octanol–water partition coefficient (Wildman–Crippen LogP) is 0.625. The van der Waals surface area contributed by atoms with E-state index in [1.807, 2.05) is 13.8 Å². The molecule has 1 heterocycles. The van der Waals surface area contributed by atoms with Crippen molar-refractivity contribution in [1.82, 2.24) is 26.2 Å². The van der Waals surface area contributed by atoms with Crippen LogP contribution in [0.1, 0.15) is 34.6 Å². The van der Waals surface area contributed by atoms with Crippen LogP contribution in [0.15, 0.2) is 4.99 Å². The van der Waals surface area contributed by atoms with Crippen molar-refractivity contribution >= 4 is 48.0 Å². The Balaban J connectivity index is 0.00000676. The highest BCUT2D eigenvalue weighted by Gasteiger charge is 2.28. The lowest BCUT2D eigenvalue weighted by Gasteiger charge is -2.29. The van der Waals surface area contributed by atoms with Gasteiger partial charge < -0.3 is 26.0 Å². The molecule has 0 saturated carbocycles. The first-order valence-corrected chi connectivity index (χ1v) is 8.47. The standard InChI is InChI=1S/C16H30N6O4.HI/c1-15(2,3)26-14(25)21-16(4,5)10-20-12(17-6)18-7-8-22-11(23)9-19-13(22)24;/h7-10H2,1-6H3,(H,19,24)(H,21,25)(H2,17,18,20);1H. The third-order valence-electron chi connectivity index (χ3n) is 3.33. The van der Waals surface area contributed by atoms with Gasteiger partial charge in [0.05, 0.1) is 12.1 Å². The zero-order chi connectivity index (χ0) is 20.0. The van der Waals surface area contributed by atoms with Crippen molar-refractivity contribution in [2.75, 3.05) is 33.2 Å². The molecule has 1 aliphatic heterocycles. The largest absolute Gasteiger partial charge is 0.444 e. The highest BCUT2D eigenvalue weighted by molar-refractivity contribution is 14.0. The summed E-state index contributed by atoms with van der Waals surface area (Å²) >= 11 is 0. The number of halogens is 1. The van der Waals surface area contributed by atoms with E-state index in [-0.39, 0.29) is 49.0 Å². The molecule has 0 aromatic rings. The maximum atomic E-state index is 11.9. The molecule has 1 aliphatic rings. The number of carbonyl (C=O) groups is 3. The molecule has 0 atom stereocenters. The molecule has 4 amide bonds. The first-order valence-electron chi connectivity index (χ1n) is 8.47. The predicted molar refractivity (Wildman–Crippen MR) is 113 cm³/mol. The second-order valence-electron chi connectivity index (χ2n) is 7.57. The van der Waals surface area contributed by atoms with Crippen molar-refractivity contribution in [2.24, 2.45) is 4.99 Å². The summed E-state index contributed by atoms with van der Waals surface area (Å²) in [5.74, 6) is 0.249. The first kappa shape index (κ1) is 25.2. The molecular weight excluding hydrogens is 467 g/mol. The Morgan fingerprint density at radius 3 is 2.33 bits per heavy atom. The lowest BCUT2D eigenvalue weighted by Crippen LogP contribution is -2.54. The van der Waals surface area contributed by atoms with E-state index >= 15 is 0 Å². The monoisotopic (exact) mass is 498 g/mol. The molecule has 11 heteroatoms. The number of guanidine groups is 1. The zero-order valence-electron chi connectivity index (χ0n) is 16.8. The Labute approximate surface area is 177 Å². The van der Waals surface area contributed by atoms with E-state index in [0.717, 1.165) is 4.90 Å². The van der Waals surface area contributed by atoms with Gasteiger partial charge in [-0.15, -0.1) is 24.0 Å². The van der Waals surface area contributed by atoms with Crippen molar-refractivity contribution in [2.45, 2.75) is 45.8 Å². The summed E-state index contributed by atoms with van der Waals surface area (Å²) in [7, 11) is 1.61. The van der Waals surface area contributed by atoms with E-state index in [2.05, 4.69) is 26.3 Å². The van der Waals surface area contributed by atoms with E-state index in [1.54, 1.807) is 27.8 Å². The molecule has 27 heavy (non-hydrogen) atoms. The van der Waals surface area contributed by atoms with Crippen LogP contribution in [-0.4, -0.2) is 73.3 Å². The second kappa shape index (κ2) is 10.5. The lowest BCUT2D eigenvalue weighted by atomic mass is 10.1. The molecule has 10 nitrogen and oxygen atoms in total. The van der Waals surface area contributed by atoms with Crippen LogP contribution >= 0.6 is 24.0 Å². The number of rotatable bonds is 6. The normalized spacial score (nSPS) is 15.0. The number of nitrogens with zero attached hydrogens (tertiary/aromatic N) is 2. The maximum Gasteiger partial charge on any atom is 0.408 e. The molecule has 1 saturated heterocycles. The van der Waals surface area contributed by atoms with Gasteiger partial charge in [-0.3, -0.25) is 14.7 Å². The number of aliphatic imine (C=N–C) groups is 1. The summed E-state index contributed by atoms with van der Waals surface area (Å²) in [5, 5.41) is 11.4. The Bertz CT molecular complexity index is 558. The van der Waals surface area contributed by atoms with E-state index < -0.39 is 17.2 Å². The van der Waals surface area contributed by atoms with Crippen LogP contribution in [0, 0.1) is 0 Å². The smallest absolute Gasteiger partial charge is 0.408 e. The molecule has 1 rings (SSSR count). The number of imide groups is 1. The van der Waals surface area contributed by atoms with E-state index in [9.17, 15) is 14.4 Å². The van der Waals surface area contributed by atoms with Crippen molar-refractivity contribution in [3.05, 3.63) is 0 Å². The van der Waals surface area contributed by atoms with Crippen LogP contribution in [-0.2, 0) is 9.53 Å². The molecule has 4 N–H and O–H groups in total. The van der Waals surface area contributed by atoms with Crippen LogP contribution < -0.4 is 21.3 Å². The fourth-order valence-electron chi connectivity index (χ4n) is 2.12. The Hall–Kier alpha value is -1.79. The van der Waals surface area contributed by atoms with Crippen molar-refractivity contribution in [1.29, 1.82) is 0 Å². The third kappa shape index (κ3) is 9.63. The van der Waals surface area contributed by atoms with Crippen LogP contribution in [0.25, 0.3) is 0 Å². The minimum Gasteiger partial charge on any atom is -0.444 e. The zero-order valence-corrected chi connectivity index (χ0v) is 19.1. The van der Waals surface area contributed by atoms with Gasteiger partial charge in [0, 0.05) is 26.7 Å².